The van der Waals surface area contributed by atoms with Crippen LogP contribution < -0.4 is 5.32 Å². The van der Waals surface area contributed by atoms with Gasteiger partial charge in [0.25, 0.3) is 5.91 Å². The Morgan fingerprint density at radius 1 is 1.42 bits per heavy atom. The molecule has 0 spiro atoms. The van der Waals surface area contributed by atoms with E-state index >= 15 is 0 Å². The van der Waals surface area contributed by atoms with Crippen molar-refractivity contribution in [1.82, 2.24) is 5.32 Å². The molecule has 2 aromatic rings. The highest BCUT2D eigenvalue weighted by Crippen LogP contribution is 2.25. The lowest BCUT2D eigenvalue weighted by Crippen LogP contribution is -2.27. The highest BCUT2D eigenvalue weighted by Gasteiger charge is 2.06. The molecule has 0 aromatic carbocycles. The lowest BCUT2D eigenvalue weighted by atomic mass is 10.2. The summed E-state index contributed by atoms with van der Waals surface area (Å²) in [6, 6.07) is 3.87. The standard InChI is InChI=1S/C13H13NO4S/c1-9(15)18-7-13(16)14-5-12-4-11(8-19-12)10-2-3-17-6-10/h2-4,6,8H,5,7H2,1H3,(H,14,16). The molecule has 6 heteroatoms. The largest absolute Gasteiger partial charge is 0.472 e. The zero-order chi connectivity index (χ0) is 13.7. The fourth-order valence-electron chi connectivity index (χ4n) is 1.46. The maximum absolute atomic E-state index is 11.4. The van der Waals surface area contributed by atoms with Crippen LogP contribution in [0.3, 0.4) is 0 Å². The predicted molar refractivity (Wildman–Crippen MR) is 70.5 cm³/mol. The lowest BCUT2D eigenvalue weighted by molar-refractivity contribution is -0.146. The Kier molecular flexibility index (Phi) is 4.35. The number of esters is 1. The van der Waals surface area contributed by atoms with Gasteiger partial charge in [0.2, 0.25) is 0 Å². The van der Waals surface area contributed by atoms with Crippen LogP contribution in [0.2, 0.25) is 0 Å². The van der Waals surface area contributed by atoms with Crippen LogP contribution in [0.15, 0.2) is 34.5 Å². The molecule has 0 saturated carbocycles. The van der Waals surface area contributed by atoms with Gasteiger partial charge in [-0.2, -0.15) is 0 Å². The molecular weight excluding hydrogens is 266 g/mol. The third-order valence-corrected chi connectivity index (χ3v) is 3.31. The summed E-state index contributed by atoms with van der Waals surface area (Å²) in [5.74, 6) is -0.776. The summed E-state index contributed by atoms with van der Waals surface area (Å²) < 4.78 is 9.61. The van der Waals surface area contributed by atoms with E-state index in [1.165, 1.54) is 6.92 Å². The summed E-state index contributed by atoms with van der Waals surface area (Å²) >= 11 is 1.55. The summed E-state index contributed by atoms with van der Waals surface area (Å²) in [7, 11) is 0. The topological polar surface area (TPSA) is 68.5 Å². The first-order valence-electron chi connectivity index (χ1n) is 5.65. The Balaban J connectivity index is 1.84. The van der Waals surface area contributed by atoms with Crippen LogP contribution in [0, 0.1) is 0 Å². The highest BCUT2D eigenvalue weighted by atomic mass is 32.1. The number of ether oxygens (including phenoxy) is 1. The van der Waals surface area contributed by atoms with Gasteiger partial charge < -0.3 is 14.5 Å². The second-order valence-corrected chi connectivity index (χ2v) is 4.87. The van der Waals surface area contributed by atoms with E-state index < -0.39 is 5.97 Å². The molecule has 0 aliphatic carbocycles. The molecule has 2 rings (SSSR count). The third kappa shape index (κ3) is 3.96. The van der Waals surface area contributed by atoms with Gasteiger partial charge in [-0.15, -0.1) is 11.3 Å². The maximum Gasteiger partial charge on any atom is 0.303 e. The van der Waals surface area contributed by atoms with Crippen LogP contribution in [0.25, 0.3) is 11.1 Å². The number of furan rings is 1. The van der Waals surface area contributed by atoms with Crippen molar-refractivity contribution in [1.29, 1.82) is 0 Å². The number of thiophene rings is 1. The van der Waals surface area contributed by atoms with E-state index in [-0.39, 0.29) is 12.5 Å². The minimum absolute atomic E-state index is 0.241. The van der Waals surface area contributed by atoms with Crippen LogP contribution in [0.5, 0.6) is 0 Å². The molecule has 2 heterocycles. The van der Waals surface area contributed by atoms with Crippen molar-refractivity contribution in [2.45, 2.75) is 13.5 Å². The molecule has 0 aliphatic heterocycles. The number of nitrogens with one attached hydrogen (secondary N) is 1. The van der Waals surface area contributed by atoms with E-state index in [0.29, 0.717) is 6.54 Å². The third-order valence-electron chi connectivity index (χ3n) is 2.37. The van der Waals surface area contributed by atoms with Gasteiger partial charge in [-0.25, -0.2) is 0 Å². The summed E-state index contributed by atoms with van der Waals surface area (Å²) in [5, 5.41) is 4.68. The van der Waals surface area contributed by atoms with E-state index in [9.17, 15) is 9.59 Å². The van der Waals surface area contributed by atoms with Gasteiger partial charge in [0.1, 0.15) is 0 Å². The van der Waals surface area contributed by atoms with Crippen LogP contribution in [-0.4, -0.2) is 18.5 Å². The predicted octanol–water partition coefficient (Wildman–Crippen LogP) is 2.19. The number of carbonyl (C=O) groups excluding carboxylic acids is 2. The average molecular weight is 279 g/mol. The fraction of sp³-hybridized carbons (Fsp3) is 0.231. The molecular formula is C13H13NO4S. The Bertz CT molecular complexity index is 559. The molecule has 2 aromatic heterocycles. The first-order chi connectivity index (χ1) is 9.15. The van der Waals surface area contributed by atoms with E-state index in [4.69, 9.17) is 4.42 Å². The maximum atomic E-state index is 11.4. The smallest absolute Gasteiger partial charge is 0.303 e. The summed E-state index contributed by atoms with van der Waals surface area (Å²) in [6.45, 7) is 1.45. The summed E-state index contributed by atoms with van der Waals surface area (Å²) in [5.41, 5.74) is 2.07. The first-order valence-corrected chi connectivity index (χ1v) is 6.53. The molecule has 1 N–H and O–H groups in total. The average Bonchev–Trinajstić information content (AvgIpc) is 3.03. The second-order valence-electron chi connectivity index (χ2n) is 3.87. The Labute approximate surface area is 114 Å². The van der Waals surface area contributed by atoms with Gasteiger partial charge >= 0.3 is 5.97 Å². The molecule has 5 nitrogen and oxygen atoms in total. The van der Waals surface area contributed by atoms with Gasteiger partial charge in [-0.05, 0) is 23.1 Å². The van der Waals surface area contributed by atoms with Gasteiger partial charge in [-0.1, -0.05) is 0 Å². The number of hydrogen-bond acceptors (Lipinski definition) is 5. The SMILES string of the molecule is CC(=O)OCC(=O)NCc1cc(-c2ccoc2)cs1. The summed E-state index contributed by atoms with van der Waals surface area (Å²) in [4.78, 5) is 22.9. The van der Waals surface area contributed by atoms with Crippen LogP contribution >= 0.6 is 11.3 Å². The molecule has 19 heavy (non-hydrogen) atoms. The quantitative estimate of drug-likeness (QED) is 0.852. The lowest BCUT2D eigenvalue weighted by Gasteiger charge is -2.03. The second kappa shape index (κ2) is 6.19. The fourth-order valence-corrected chi connectivity index (χ4v) is 2.29. The molecule has 0 unspecified atom stereocenters. The van der Waals surface area contributed by atoms with Gasteiger partial charge in [0.05, 0.1) is 19.1 Å². The number of carbonyl (C=O) groups is 2. The van der Waals surface area contributed by atoms with E-state index in [1.54, 1.807) is 23.9 Å². The Morgan fingerprint density at radius 3 is 2.95 bits per heavy atom. The van der Waals surface area contributed by atoms with Gasteiger partial charge in [0.15, 0.2) is 6.61 Å². The molecule has 0 bridgehead atoms. The normalized spacial score (nSPS) is 10.2. The number of rotatable bonds is 5. The zero-order valence-electron chi connectivity index (χ0n) is 10.3. The first kappa shape index (κ1) is 13.4. The molecule has 100 valence electrons. The van der Waals surface area contributed by atoms with E-state index in [1.807, 2.05) is 17.5 Å². The van der Waals surface area contributed by atoms with Crippen molar-refractivity contribution >= 4 is 23.2 Å². The van der Waals surface area contributed by atoms with Crippen molar-refractivity contribution in [2.75, 3.05) is 6.61 Å². The minimum atomic E-state index is -0.464. The van der Waals surface area contributed by atoms with Gasteiger partial charge in [0, 0.05) is 17.4 Å². The molecule has 0 saturated heterocycles. The minimum Gasteiger partial charge on any atom is -0.472 e. The molecule has 0 aliphatic rings. The summed E-state index contributed by atoms with van der Waals surface area (Å²) in [6.07, 6.45) is 3.29. The van der Waals surface area contributed by atoms with Crippen LogP contribution in [0.4, 0.5) is 0 Å². The van der Waals surface area contributed by atoms with Crippen molar-refractivity contribution in [2.24, 2.45) is 0 Å². The van der Waals surface area contributed by atoms with Crippen molar-refractivity contribution in [3.63, 3.8) is 0 Å². The van der Waals surface area contributed by atoms with Gasteiger partial charge in [-0.3, -0.25) is 9.59 Å². The number of hydrogen-bond donors (Lipinski definition) is 1. The molecule has 0 radical (unpaired) electrons. The van der Waals surface area contributed by atoms with Crippen molar-refractivity contribution in [3.8, 4) is 11.1 Å². The molecule has 0 fully saturated rings. The van der Waals surface area contributed by atoms with Crippen molar-refractivity contribution in [3.05, 3.63) is 34.9 Å². The van der Waals surface area contributed by atoms with E-state index in [2.05, 4.69) is 10.1 Å². The molecule has 0 atom stereocenters. The Hall–Kier alpha value is -2.08. The van der Waals surface area contributed by atoms with E-state index in [0.717, 1.165) is 16.0 Å². The molecule has 1 amide bonds. The van der Waals surface area contributed by atoms with Crippen molar-refractivity contribution < 1.29 is 18.7 Å². The monoisotopic (exact) mass is 279 g/mol. The number of amides is 1. The highest BCUT2D eigenvalue weighted by molar-refractivity contribution is 7.10. The zero-order valence-corrected chi connectivity index (χ0v) is 11.2. The van der Waals surface area contributed by atoms with Crippen LogP contribution in [0.1, 0.15) is 11.8 Å². The van der Waals surface area contributed by atoms with Crippen LogP contribution in [-0.2, 0) is 20.9 Å². The Morgan fingerprint density at radius 2 is 2.26 bits per heavy atom.